The van der Waals surface area contributed by atoms with Gasteiger partial charge in [0.15, 0.2) is 0 Å². The molecule has 1 aliphatic carbocycles. The number of carbonyl (C=O) groups is 1. The summed E-state index contributed by atoms with van der Waals surface area (Å²) in [5, 5.41) is 21.0. The number of aldehydes is 1. The van der Waals surface area contributed by atoms with Crippen molar-refractivity contribution in [1.29, 1.82) is 0 Å². The molecule has 0 aromatic heterocycles. The Kier molecular flexibility index (Phi) is 10.7. The van der Waals surface area contributed by atoms with E-state index in [2.05, 4.69) is 58.1 Å². The fraction of sp³-hybridized carbons (Fsp3) is 0.633. The van der Waals surface area contributed by atoms with Crippen LogP contribution in [0.1, 0.15) is 86.5 Å². The molecule has 1 saturated carbocycles. The molecule has 4 nitrogen and oxygen atoms in total. The third kappa shape index (κ3) is 7.13. The van der Waals surface area contributed by atoms with Crippen LogP contribution in [-0.4, -0.2) is 41.4 Å². The topological polar surface area (TPSA) is 66.8 Å². The van der Waals surface area contributed by atoms with Crippen molar-refractivity contribution in [2.75, 3.05) is 13.2 Å². The SMILES string of the molecule is CC(C)=CCC/C(C)=C/C=C/C(C)=C/C1C[C@@]2(CO1)[C@H](CCCO)/C(=C(/C)C=O)CC[C@]2(C)O. The summed E-state index contributed by atoms with van der Waals surface area (Å²) in [6.45, 7) is 12.9. The highest BCUT2D eigenvalue weighted by atomic mass is 16.5. The molecule has 0 amide bonds. The number of hydrogen-bond acceptors (Lipinski definition) is 4. The van der Waals surface area contributed by atoms with Gasteiger partial charge >= 0.3 is 0 Å². The van der Waals surface area contributed by atoms with E-state index >= 15 is 0 Å². The van der Waals surface area contributed by atoms with Crippen LogP contribution in [0.15, 0.2) is 58.2 Å². The number of carbonyl (C=O) groups excluding carboxylic acids is 1. The van der Waals surface area contributed by atoms with Crippen molar-refractivity contribution < 1.29 is 19.7 Å². The molecular weight excluding hydrogens is 424 g/mol. The molecule has 0 aromatic rings. The predicted octanol–water partition coefficient (Wildman–Crippen LogP) is 6.41. The van der Waals surface area contributed by atoms with E-state index < -0.39 is 11.0 Å². The average molecular weight is 471 g/mol. The Bertz CT molecular complexity index is 851. The van der Waals surface area contributed by atoms with Crippen LogP contribution in [0, 0.1) is 11.3 Å². The fourth-order valence-electron chi connectivity index (χ4n) is 5.65. The number of aliphatic hydroxyl groups is 2. The lowest BCUT2D eigenvalue weighted by molar-refractivity contribution is -0.121. The zero-order valence-corrected chi connectivity index (χ0v) is 22.2. The van der Waals surface area contributed by atoms with Crippen molar-refractivity contribution in [2.45, 2.75) is 98.2 Å². The Morgan fingerprint density at radius 1 is 1.21 bits per heavy atom. The summed E-state index contributed by atoms with van der Waals surface area (Å²) < 4.78 is 6.26. The van der Waals surface area contributed by atoms with Crippen molar-refractivity contribution in [2.24, 2.45) is 11.3 Å². The highest BCUT2D eigenvalue weighted by molar-refractivity contribution is 5.74. The molecule has 4 atom stereocenters. The first kappa shape index (κ1) is 28.5. The van der Waals surface area contributed by atoms with Crippen molar-refractivity contribution in [3.8, 4) is 0 Å². The van der Waals surface area contributed by atoms with Gasteiger partial charge in [-0.1, -0.05) is 52.7 Å². The second-order valence-electron chi connectivity index (χ2n) is 10.8. The van der Waals surface area contributed by atoms with Crippen molar-refractivity contribution in [1.82, 2.24) is 0 Å². The van der Waals surface area contributed by atoms with Crippen LogP contribution in [0.5, 0.6) is 0 Å². The Labute approximate surface area is 207 Å². The zero-order valence-electron chi connectivity index (χ0n) is 22.2. The molecule has 1 spiro atoms. The first-order valence-corrected chi connectivity index (χ1v) is 12.8. The molecule has 1 aliphatic heterocycles. The maximum Gasteiger partial charge on any atom is 0.145 e. The minimum absolute atomic E-state index is 0.0363. The van der Waals surface area contributed by atoms with Gasteiger partial charge in [0.05, 0.1) is 18.3 Å². The van der Waals surface area contributed by atoms with Crippen LogP contribution in [0.25, 0.3) is 0 Å². The van der Waals surface area contributed by atoms with Gasteiger partial charge in [-0.15, -0.1) is 0 Å². The Morgan fingerprint density at radius 3 is 2.59 bits per heavy atom. The summed E-state index contributed by atoms with van der Waals surface area (Å²) in [7, 11) is 0. The van der Waals surface area contributed by atoms with Gasteiger partial charge in [-0.2, -0.15) is 0 Å². The maximum absolute atomic E-state index is 11.6. The second kappa shape index (κ2) is 12.8. The number of rotatable bonds is 10. The molecule has 2 fully saturated rings. The normalized spacial score (nSPS) is 31.9. The third-order valence-corrected chi connectivity index (χ3v) is 7.78. The number of allylic oxidation sites excluding steroid dienone is 9. The van der Waals surface area contributed by atoms with E-state index in [4.69, 9.17) is 4.74 Å². The van der Waals surface area contributed by atoms with E-state index in [0.717, 1.165) is 48.7 Å². The lowest BCUT2D eigenvalue weighted by Crippen LogP contribution is -2.55. The first-order chi connectivity index (χ1) is 16.1. The summed E-state index contributed by atoms with van der Waals surface area (Å²) in [6.07, 6.45) is 17.3. The average Bonchev–Trinajstić information content (AvgIpc) is 3.19. The summed E-state index contributed by atoms with van der Waals surface area (Å²) in [6, 6.07) is 0. The first-order valence-electron chi connectivity index (χ1n) is 12.8. The van der Waals surface area contributed by atoms with Crippen molar-refractivity contribution in [3.63, 3.8) is 0 Å². The molecular formula is C30H46O4. The maximum atomic E-state index is 11.6. The van der Waals surface area contributed by atoms with Gasteiger partial charge < -0.3 is 14.9 Å². The molecule has 0 bridgehead atoms. The minimum Gasteiger partial charge on any atom is -0.396 e. The smallest absolute Gasteiger partial charge is 0.145 e. The molecule has 0 radical (unpaired) electrons. The van der Waals surface area contributed by atoms with Gasteiger partial charge in [-0.25, -0.2) is 0 Å². The van der Waals surface area contributed by atoms with E-state index in [0.29, 0.717) is 25.9 Å². The minimum atomic E-state index is -0.878. The summed E-state index contributed by atoms with van der Waals surface area (Å²) in [5.41, 5.74) is 4.42. The van der Waals surface area contributed by atoms with E-state index in [-0.39, 0.29) is 18.6 Å². The van der Waals surface area contributed by atoms with Gasteiger partial charge in [0.2, 0.25) is 0 Å². The highest BCUT2D eigenvalue weighted by Gasteiger charge is 2.59. The lowest BCUT2D eigenvalue weighted by atomic mass is 9.54. The third-order valence-electron chi connectivity index (χ3n) is 7.78. The highest BCUT2D eigenvalue weighted by Crippen LogP contribution is 2.58. The molecule has 1 saturated heterocycles. The van der Waals surface area contributed by atoms with Gasteiger partial charge in [0.25, 0.3) is 0 Å². The predicted molar refractivity (Wildman–Crippen MR) is 141 cm³/mol. The molecule has 1 unspecified atom stereocenters. The molecule has 1 heterocycles. The van der Waals surface area contributed by atoms with Crippen LogP contribution >= 0.6 is 0 Å². The Hall–Kier alpha value is -1.75. The van der Waals surface area contributed by atoms with E-state index in [1.165, 1.54) is 11.1 Å². The number of aliphatic hydroxyl groups excluding tert-OH is 1. The van der Waals surface area contributed by atoms with E-state index in [1.807, 2.05) is 13.8 Å². The molecule has 34 heavy (non-hydrogen) atoms. The summed E-state index contributed by atoms with van der Waals surface area (Å²) in [4.78, 5) is 11.6. The van der Waals surface area contributed by atoms with Gasteiger partial charge in [0.1, 0.15) is 6.29 Å². The molecule has 2 rings (SSSR count). The van der Waals surface area contributed by atoms with Crippen LogP contribution < -0.4 is 0 Å². The van der Waals surface area contributed by atoms with Gasteiger partial charge in [-0.05, 0) is 98.0 Å². The van der Waals surface area contributed by atoms with E-state index in [9.17, 15) is 15.0 Å². The fourth-order valence-corrected chi connectivity index (χ4v) is 5.65. The van der Waals surface area contributed by atoms with E-state index in [1.54, 1.807) is 0 Å². The van der Waals surface area contributed by atoms with Crippen molar-refractivity contribution in [3.05, 3.63) is 58.2 Å². The molecule has 4 heteroatoms. The summed E-state index contributed by atoms with van der Waals surface area (Å²) in [5.74, 6) is 0.0363. The summed E-state index contributed by atoms with van der Waals surface area (Å²) >= 11 is 0. The Morgan fingerprint density at radius 2 is 1.94 bits per heavy atom. The standard InChI is InChI=1S/C30H46O4/c1-22(2)10-7-11-23(3)12-8-13-24(4)18-26-19-30(21-34-26)28(14-9-17-31)27(25(5)20-32)15-16-29(30,6)33/h8,10,12-13,18,20,26,28,31,33H,7,9,11,14-17,19,21H2,1-6H3/b13-8+,23-12+,24-18+,27-25-/t26?,28-,29+,30-/m1/s1. The van der Waals surface area contributed by atoms with Crippen molar-refractivity contribution >= 4 is 6.29 Å². The second-order valence-corrected chi connectivity index (χ2v) is 10.8. The zero-order chi connectivity index (χ0) is 25.4. The van der Waals surface area contributed by atoms with Crippen LogP contribution in [-0.2, 0) is 9.53 Å². The molecule has 0 aromatic carbocycles. The molecule has 2 aliphatic rings. The van der Waals surface area contributed by atoms with Crippen LogP contribution in [0.2, 0.25) is 0 Å². The van der Waals surface area contributed by atoms with Gasteiger partial charge in [-0.3, -0.25) is 4.79 Å². The lowest BCUT2D eigenvalue weighted by Gasteiger charge is -2.52. The van der Waals surface area contributed by atoms with Crippen LogP contribution in [0.3, 0.4) is 0 Å². The number of ether oxygens (including phenoxy) is 1. The van der Waals surface area contributed by atoms with Gasteiger partial charge in [0, 0.05) is 12.0 Å². The Balaban J connectivity index is 2.19. The largest absolute Gasteiger partial charge is 0.396 e. The van der Waals surface area contributed by atoms with Crippen LogP contribution in [0.4, 0.5) is 0 Å². The quantitative estimate of drug-likeness (QED) is 0.168. The monoisotopic (exact) mass is 470 g/mol. The molecule has 190 valence electrons. The number of hydrogen-bond donors (Lipinski definition) is 2. The molecule has 2 N–H and O–H groups in total.